The molecule has 0 radical (unpaired) electrons. The van der Waals surface area contributed by atoms with Gasteiger partial charge in [-0.25, -0.2) is 0 Å². The highest BCUT2D eigenvalue weighted by atomic mass is 32.1. The second kappa shape index (κ2) is 3.23. The van der Waals surface area contributed by atoms with Crippen LogP contribution in [0.2, 0.25) is 0 Å². The lowest BCUT2D eigenvalue weighted by molar-refractivity contribution is 1.82. The molecule has 0 fully saturated rings. The first-order valence-corrected chi connectivity index (χ1v) is 6.37. The van der Waals surface area contributed by atoms with Crippen molar-refractivity contribution in [2.24, 2.45) is 0 Å². The van der Waals surface area contributed by atoms with Gasteiger partial charge in [-0.05, 0) is 16.8 Å². The molecule has 0 spiro atoms. The maximum atomic E-state index is 3.04. The number of fused-ring (bicyclic) bond motifs is 5. The largest absolute Gasteiger partial charge is 0.134 e. The molecule has 0 saturated carbocycles. The molecule has 78 valence electrons. The summed E-state index contributed by atoms with van der Waals surface area (Å²) in [5, 5.41) is 5.26. The Balaban J connectivity index is 2.34. The van der Waals surface area contributed by atoms with Gasteiger partial charge in [0.15, 0.2) is 0 Å². The fourth-order valence-corrected chi connectivity index (χ4v) is 3.54. The highest BCUT2D eigenvalue weighted by Crippen LogP contribution is 2.37. The summed E-state index contributed by atoms with van der Waals surface area (Å²) < 4.78 is 2.65. The van der Waals surface area contributed by atoms with Crippen LogP contribution in [-0.2, 0) is 0 Å². The van der Waals surface area contributed by atoms with Crippen molar-refractivity contribution in [3.8, 4) is 0 Å². The van der Waals surface area contributed by atoms with Gasteiger partial charge in [0.2, 0.25) is 0 Å². The molecule has 1 heteroatoms. The van der Waals surface area contributed by atoms with Gasteiger partial charge in [-0.15, -0.1) is 11.3 Å². The van der Waals surface area contributed by atoms with E-state index < -0.39 is 0 Å². The van der Waals surface area contributed by atoms with Crippen LogP contribution in [0.15, 0.2) is 48.5 Å². The minimum Gasteiger partial charge on any atom is -0.134 e. The molecular formula is C16H8S. The van der Waals surface area contributed by atoms with E-state index in [9.17, 15) is 0 Å². The van der Waals surface area contributed by atoms with Gasteiger partial charge >= 0.3 is 0 Å². The van der Waals surface area contributed by atoms with Gasteiger partial charge in [-0.2, -0.15) is 0 Å². The van der Waals surface area contributed by atoms with E-state index in [2.05, 4.69) is 48.5 Å². The third kappa shape index (κ3) is 1.19. The minimum absolute atomic E-state index is 1.29. The number of hydrogen-bond acceptors (Lipinski definition) is 1. The number of benzene rings is 2. The van der Waals surface area contributed by atoms with E-state index >= 15 is 0 Å². The Hall–Kier alpha value is -2.04. The molecule has 0 nitrogen and oxygen atoms in total. The second-order valence-corrected chi connectivity index (χ2v) is 5.17. The number of hydrogen-bond donors (Lipinski definition) is 0. The van der Waals surface area contributed by atoms with E-state index in [0.717, 1.165) is 0 Å². The van der Waals surface area contributed by atoms with Crippen LogP contribution < -0.4 is 0 Å². The van der Waals surface area contributed by atoms with Crippen LogP contribution >= 0.6 is 11.3 Å². The molecular weight excluding hydrogens is 224 g/mol. The zero-order valence-corrected chi connectivity index (χ0v) is 9.84. The molecule has 1 heterocycles. The molecule has 0 unspecified atom stereocenters. The molecule has 0 saturated heterocycles. The van der Waals surface area contributed by atoms with E-state index in [1.54, 1.807) is 0 Å². The van der Waals surface area contributed by atoms with Crippen molar-refractivity contribution in [3.05, 3.63) is 60.7 Å². The summed E-state index contributed by atoms with van der Waals surface area (Å²) in [6.45, 7) is 0. The van der Waals surface area contributed by atoms with Crippen LogP contribution in [0.3, 0.4) is 0 Å². The Morgan fingerprint density at radius 3 is 2.65 bits per heavy atom. The molecule has 0 N–H and O–H groups in total. The Labute approximate surface area is 103 Å². The second-order valence-electron chi connectivity index (χ2n) is 4.12. The summed E-state index contributed by atoms with van der Waals surface area (Å²) in [6.07, 6.45) is 0. The zero-order valence-electron chi connectivity index (χ0n) is 9.03. The molecule has 0 aliphatic heterocycles. The van der Waals surface area contributed by atoms with Crippen molar-refractivity contribution in [1.29, 1.82) is 0 Å². The Morgan fingerprint density at radius 1 is 0.765 bits per heavy atom. The maximum absolute atomic E-state index is 3.04. The average molecular weight is 232 g/mol. The monoisotopic (exact) mass is 232 g/mol. The number of rotatable bonds is 0. The first-order chi connectivity index (χ1) is 8.43. The van der Waals surface area contributed by atoms with Crippen LogP contribution in [0.1, 0.15) is 0 Å². The summed E-state index contributed by atoms with van der Waals surface area (Å²) in [5.41, 5.74) is 0. The predicted octanol–water partition coefficient (Wildman–Crippen LogP) is 4.81. The zero-order chi connectivity index (χ0) is 11.2. The van der Waals surface area contributed by atoms with Crippen LogP contribution in [-0.4, -0.2) is 0 Å². The molecule has 0 atom stereocenters. The summed E-state index contributed by atoms with van der Waals surface area (Å²) in [6, 6.07) is 23.1. The van der Waals surface area contributed by atoms with Crippen molar-refractivity contribution >= 4 is 42.3 Å². The molecule has 3 aromatic carbocycles. The van der Waals surface area contributed by atoms with Gasteiger partial charge in [0.25, 0.3) is 0 Å². The predicted molar refractivity (Wildman–Crippen MR) is 74.5 cm³/mol. The van der Waals surface area contributed by atoms with E-state index in [4.69, 9.17) is 0 Å². The van der Waals surface area contributed by atoms with E-state index in [1.165, 1.54) is 30.9 Å². The quantitative estimate of drug-likeness (QED) is 0.408. The topological polar surface area (TPSA) is 0 Å². The standard InChI is InChI=1S/C16H8S/c1-2-6-12-11(5-1)9-10-14-13-7-3-4-8-15(13)17-16(12)14/h1-2,5-10H. The third-order valence-electron chi connectivity index (χ3n) is 3.15. The van der Waals surface area contributed by atoms with Crippen LogP contribution in [0.5, 0.6) is 0 Å². The molecule has 4 rings (SSSR count). The minimum atomic E-state index is 1.29. The molecule has 0 amide bonds. The first kappa shape index (κ1) is 9.04. The maximum Gasteiger partial charge on any atom is 0.0445 e. The fourth-order valence-electron chi connectivity index (χ4n) is 2.34. The lowest BCUT2D eigenvalue weighted by Crippen LogP contribution is -1.71. The van der Waals surface area contributed by atoms with Crippen LogP contribution in [0.25, 0.3) is 30.9 Å². The summed E-state index contributed by atoms with van der Waals surface area (Å²) in [5.74, 6) is 0. The molecule has 1 aromatic heterocycles. The van der Waals surface area contributed by atoms with E-state index in [0.29, 0.717) is 0 Å². The Kier molecular flexibility index (Phi) is 1.72. The Morgan fingerprint density at radius 2 is 1.65 bits per heavy atom. The average Bonchev–Trinajstić information content (AvgIpc) is 2.78. The SMILES string of the molecule is c1cc2sc3c4ccccc4ccc3c2cc#1. The van der Waals surface area contributed by atoms with Crippen LogP contribution in [0.4, 0.5) is 0 Å². The lowest BCUT2D eigenvalue weighted by atomic mass is 10.1. The first-order valence-electron chi connectivity index (χ1n) is 5.55. The van der Waals surface area contributed by atoms with Gasteiger partial charge in [0.05, 0.1) is 0 Å². The van der Waals surface area contributed by atoms with E-state index in [1.807, 2.05) is 23.5 Å². The summed E-state index contributed by atoms with van der Waals surface area (Å²) >= 11 is 1.84. The van der Waals surface area contributed by atoms with Gasteiger partial charge < -0.3 is 0 Å². The highest BCUT2D eigenvalue weighted by molar-refractivity contribution is 7.26. The van der Waals surface area contributed by atoms with Crippen LogP contribution in [0, 0.1) is 12.1 Å². The van der Waals surface area contributed by atoms with Crippen molar-refractivity contribution in [1.82, 2.24) is 0 Å². The molecule has 0 aliphatic carbocycles. The lowest BCUT2D eigenvalue weighted by Gasteiger charge is -1.98. The van der Waals surface area contributed by atoms with Gasteiger partial charge in [-0.1, -0.05) is 48.5 Å². The molecule has 0 aliphatic rings. The fraction of sp³-hybridized carbons (Fsp3) is 0. The van der Waals surface area contributed by atoms with Crippen molar-refractivity contribution in [2.45, 2.75) is 0 Å². The van der Waals surface area contributed by atoms with Crippen molar-refractivity contribution in [3.63, 3.8) is 0 Å². The van der Waals surface area contributed by atoms with Crippen molar-refractivity contribution in [2.75, 3.05) is 0 Å². The van der Waals surface area contributed by atoms with Gasteiger partial charge in [0.1, 0.15) is 0 Å². The normalized spacial score (nSPS) is 11.1. The summed E-state index contributed by atoms with van der Waals surface area (Å²) in [7, 11) is 0. The molecule has 17 heavy (non-hydrogen) atoms. The molecule has 4 aromatic rings. The smallest absolute Gasteiger partial charge is 0.0445 e. The van der Waals surface area contributed by atoms with Gasteiger partial charge in [0, 0.05) is 26.2 Å². The van der Waals surface area contributed by atoms with Gasteiger partial charge in [-0.3, -0.25) is 0 Å². The Bertz CT molecular complexity index is 840. The highest BCUT2D eigenvalue weighted by Gasteiger charge is 2.06. The molecule has 0 bridgehead atoms. The van der Waals surface area contributed by atoms with Crippen molar-refractivity contribution < 1.29 is 0 Å². The van der Waals surface area contributed by atoms with E-state index in [-0.39, 0.29) is 0 Å². The third-order valence-corrected chi connectivity index (χ3v) is 4.35. The summed E-state index contributed by atoms with van der Waals surface area (Å²) in [4.78, 5) is 0. The number of thiophene rings is 1.